The fourth-order valence-corrected chi connectivity index (χ4v) is 9.41. The summed E-state index contributed by atoms with van der Waals surface area (Å²) in [7, 11) is 0. The van der Waals surface area contributed by atoms with E-state index in [0.717, 1.165) is 71.5 Å². The molecule has 0 N–H and O–H groups in total. The number of benzene rings is 8. The summed E-state index contributed by atoms with van der Waals surface area (Å²) in [6.45, 7) is 0. The molecule has 11 rings (SSSR count). The molecule has 0 atom stereocenters. The van der Waals surface area contributed by atoms with Crippen LogP contribution in [-0.4, -0.2) is 14.5 Å². The minimum Gasteiger partial charge on any atom is -0.309 e. The van der Waals surface area contributed by atoms with Gasteiger partial charge in [-0.1, -0.05) is 152 Å². The number of rotatable bonds is 6. The maximum atomic E-state index is 5.52. The highest BCUT2D eigenvalue weighted by Gasteiger charge is 2.23. The van der Waals surface area contributed by atoms with Crippen LogP contribution >= 0.6 is 11.3 Å². The molecule has 262 valence electrons. The molecule has 0 aliphatic carbocycles. The highest BCUT2D eigenvalue weighted by atomic mass is 32.1. The molecule has 3 aromatic heterocycles. The van der Waals surface area contributed by atoms with E-state index in [-0.39, 0.29) is 0 Å². The van der Waals surface area contributed by atoms with Crippen molar-refractivity contribution in [3.63, 3.8) is 0 Å². The lowest BCUT2D eigenvalue weighted by atomic mass is 9.86. The molecule has 0 bridgehead atoms. The van der Waals surface area contributed by atoms with E-state index in [9.17, 15) is 0 Å². The Morgan fingerprint density at radius 3 is 1.73 bits per heavy atom. The van der Waals surface area contributed by atoms with E-state index in [0.29, 0.717) is 5.82 Å². The quantitative estimate of drug-likeness (QED) is 0.170. The molecule has 0 spiro atoms. The predicted molar refractivity (Wildman–Crippen MR) is 236 cm³/mol. The van der Waals surface area contributed by atoms with Gasteiger partial charge in [0.25, 0.3) is 0 Å². The van der Waals surface area contributed by atoms with Crippen LogP contribution in [-0.2, 0) is 0 Å². The van der Waals surface area contributed by atoms with Crippen molar-refractivity contribution >= 4 is 53.4 Å². The van der Waals surface area contributed by atoms with Gasteiger partial charge < -0.3 is 4.57 Å². The first-order valence-electron chi connectivity index (χ1n) is 18.9. The van der Waals surface area contributed by atoms with Gasteiger partial charge in [0, 0.05) is 43.2 Å². The van der Waals surface area contributed by atoms with E-state index in [1.54, 1.807) is 11.3 Å². The Balaban J connectivity index is 1.25. The topological polar surface area (TPSA) is 30.7 Å². The molecule has 56 heavy (non-hydrogen) atoms. The Kier molecular flexibility index (Phi) is 7.68. The van der Waals surface area contributed by atoms with Crippen molar-refractivity contribution in [2.75, 3.05) is 0 Å². The molecule has 4 heteroatoms. The van der Waals surface area contributed by atoms with Crippen molar-refractivity contribution in [1.29, 1.82) is 0 Å². The van der Waals surface area contributed by atoms with Crippen LogP contribution in [0.4, 0.5) is 0 Å². The molecule has 0 amide bonds. The fourth-order valence-electron chi connectivity index (χ4n) is 8.26. The Morgan fingerprint density at radius 2 is 0.982 bits per heavy atom. The number of para-hydroxylation sites is 2. The maximum absolute atomic E-state index is 5.52. The smallest absolute Gasteiger partial charge is 0.161 e. The van der Waals surface area contributed by atoms with Gasteiger partial charge in [-0.15, -0.1) is 11.3 Å². The van der Waals surface area contributed by atoms with Gasteiger partial charge >= 0.3 is 0 Å². The Labute approximate surface area is 328 Å². The van der Waals surface area contributed by atoms with Crippen molar-refractivity contribution in [2.24, 2.45) is 0 Å². The third-order valence-electron chi connectivity index (χ3n) is 10.8. The first-order chi connectivity index (χ1) is 27.8. The molecule has 8 aromatic carbocycles. The van der Waals surface area contributed by atoms with Gasteiger partial charge in [0.1, 0.15) is 0 Å². The summed E-state index contributed by atoms with van der Waals surface area (Å²) >= 11 is 1.76. The SMILES string of the molecule is c1ccc(-c2cc(-c3ccc4c(c3)c3ccccc3n4-c3ccccc3)c(-c3ccccc3)c(-c3nc(-c4ccccc4)c4sc5ccccc5c4n3)c2)cc1. The second-order valence-corrected chi connectivity index (χ2v) is 15.2. The number of thiophene rings is 1. The Morgan fingerprint density at radius 1 is 0.393 bits per heavy atom. The van der Waals surface area contributed by atoms with Gasteiger partial charge in [0.05, 0.1) is 26.9 Å². The first-order valence-corrected chi connectivity index (χ1v) is 19.7. The molecule has 0 aliphatic rings. The van der Waals surface area contributed by atoms with Crippen molar-refractivity contribution in [3.05, 3.63) is 200 Å². The molecular weight excluding hydrogens is 699 g/mol. The van der Waals surface area contributed by atoms with Gasteiger partial charge in [-0.3, -0.25) is 0 Å². The zero-order chi connectivity index (χ0) is 37.0. The average Bonchev–Trinajstić information content (AvgIpc) is 3.82. The summed E-state index contributed by atoms with van der Waals surface area (Å²) in [4.78, 5) is 11.0. The molecule has 0 saturated heterocycles. The van der Waals surface area contributed by atoms with E-state index in [4.69, 9.17) is 9.97 Å². The van der Waals surface area contributed by atoms with E-state index in [1.165, 1.54) is 26.5 Å². The highest BCUT2D eigenvalue weighted by molar-refractivity contribution is 7.26. The molecule has 0 fully saturated rings. The maximum Gasteiger partial charge on any atom is 0.161 e. The van der Waals surface area contributed by atoms with Crippen LogP contribution < -0.4 is 0 Å². The lowest BCUT2D eigenvalue weighted by molar-refractivity contribution is 1.18. The molecule has 11 aromatic rings. The molecule has 0 saturated carbocycles. The lowest BCUT2D eigenvalue weighted by Gasteiger charge is -2.19. The summed E-state index contributed by atoms with van der Waals surface area (Å²) < 4.78 is 4.68. The van der Waals surface area contributed by atoms with E-state index in [2.05, 4.69) is 205 Å². The van der Waals surface area contributed by atoms with Crippen LogP contribution in [0.1, 0.15) is 0 Å². The number of hydrogen-bond acceptors (Lipinski definition) is 3. The normalized spacial score (nSPS) is 11.6. The molecule has 3 heterocycles. The third-order valence-corrected chi connectivity index (χ3v) is 12.0. The summed E-state index contributed by atoms with van der Waals surface area (Å²) in [5, 5.41) is 3.58. The Hall–Kier alpha value is -7.14. The molecular formula is C52H33N3S. The number of fused-ring (bicyclic) bond motifs is 6. The van der Waals surface area contributed by atoms with Gasteiger partial charge in [0.15, 0.2) is 5.82 Å². The fraction of sp³-hybridized carbons (Fsp3) is 0. The number of aromatic nitrogens is 3. The number of nitrogens with zero attached hydrogens (tertiary/aromatic N) is 3. The molecule has 0 unspecified atom stereocenters. The van der Waals surface area contributed by atoms with Crippen LogP contribution in [0.15, 0.2) is 200 Å². The van der Waals surface area contributed by atoms with E-state index >= 15 is 0 Å². The van der Waals surface area contributed by atoms with Crippen LogP contribution in [0.5, 0.6) is 0 Å². The van der Waals surface area contributed by atoms with Crippen LogP contribution in [0.25, 0.3) is 104 Å². The van der Waals surface area contributed by atoms with E-state index in [1.807, 2.05) is 0 Å². The largest absolute Gasteiger partial charge is 0.309 e. The predicted octanol–water partition coefficient (Wildman–Crippen LogP) is 14.3. The van der Waals surface area contributed by atoms with Gasteiger partial charge in [-0.05, 0) is 76.3 Å². The van der Waals surface area contributed by atoms with Crippen LogP contribution in [0.3, 0.4) is 0 Å². The van der Waals surface area contributed by atoms with Crippen molar-refractivity contribution < 1.29 is 0 Å². The van der Waals surface area contributed by atoms with Crippen molar-refractivity contribution in [3.8, 4) is 61.7 Å². The summed E-state index contributed by atoms with van der Waals surface area (Å²) in [6.07, 6.45) is 0. The first kappa shape index (κ1) is 32.3. The monoisotopic (exact) mass is 731 g/mol. The molecule has 3 nitrogen and oxygen atoms in total. The zero-order valence-electron chi connectivity index (χ0n) is 30.3. The standard InChI is InChI=1S/C52H33N3S/c1-5-17-34(18-6-1)38-32-42(37-29-30-46-43(31-37)40-25-13-15-27-45(40)55(46)39-23-11-4-12-24-39)48(35-19-7-2-8-20-35)44(33-38)52-53-49(36-21-9-3-10-22-36)51-50(54-52)41-26-14-16-28-47(41)56-51/h1-33H. The Bertz CT molecular complexity index is 3220. The second-order valence-electron chi connectivity index (χ2n) is 14.1. The average molecular weight is 732 g/mol. The van der Waals surface area contributed by atoms with Crippen molar-refractivity contribution in [1.82, 2.24) is 14.5 Å². The zero-order valence-corrected chi connectivity index (χ0v) is 31.1. The van der Waals surface area contributed by atoms with Gasteiger partial charge in [-0.2, -0.15) is 0 Å². The van der Waals surface area contributed by atoms with Gasteiger partial charge in [0.2, 0.25) is 0 Å². The van der Waals surface area contributed by atoms with Crippen LogP contribution in [0, 0.1) is 0 Å². The van der Waals surface area contributed by atoms with Gasteiger partial charge in [-0.25, -0.2) is 9.97 Å². The second kappa shape index (κ2) is 13.3. The van der Waals surface area contributed by atoms with E-state index < -0.39 is 0 Å². The minimum absolute atomic E-state index is 0.708. The van der Waals surface area contributed by atoms with Crippen molar-refractivity contribution in [2.45, 2.75) is 0 Å². The van der Waals surface area contributed by atoms with Crippen LogP contribution in [0.2, 0.25) is 0 Å². The summed E-state index contributed by atoms with van der Waals surface area (Å²) in [6, 6.07) is 71.5. The minimum atomic E-state index is 0.708. The lowest BCUT2D eigenvalue weighted by Crippen LogP contribution is -1.98. The highest BCUT2D eigenvalue weighted by Crippen LogP contribution is 2.46. The number of hydrogen-bond donors (Lipinski definition) is 0. The summed E-state index contributed by atoms with van der Waals surface area (Å²) in [5.41, 5.74) is 14.3. The molecule has 0 aliphatic heterocycles. The summed E-state index contributed by atoms with van der Waals surface area (Å²) in [5.74, 6) is 0.708. The molecule has 0 radical (unpaired) electrons. The third kappa shape index (κ3) is 5.34.